The molecule has 9 nitrogen and oxygen atoms in total. The standard InChI is InChI=1S/C27H29BrN4O5S/c1-36-25-12-7-22(17-26(25)37-20-21-5-3-2-4-6-21)18-29-30-27(33)19-31-13-15-32(16-14-31)38(34,35)24-10-8-23(28)9-11-24/h2-12,17-18H,13-16,19-20H2,1H3,(H,30,33). The maximum absolute atomic E-state index is 12.9. The van der Waals surface area contributed by atoms with E-state index in [-0.39, 0.29) is 17.3 Å². The highest BCUT2D eigenvalue weighted by atomic mass is 79.9. The monoisotopic (exact) mass is 600 g/mol. The van der Waals surface area contributed by atoms with Crippen LogP contribution in [0.4, 0.5) is 0 Å². The molecule has 0 spiro atoms. The number of halogens is 1. The highest BCUT2D eigenvalue weighted by Crippen LogP contribution is 2.28. The molecule has 200 valence electrons. The van der Waals surface area contributed by atoms with E-state index in [9.17, 15) is 13.2 Å². The van der Waals surface area contributed by atoms with Gasteiger partial charge >= 0.3 is 0 Å². The average molecular weight is 602 g/mol. The summed E-state index contributed by atoms with van der Waals surface area (Å²) in [6, 6.07) is 21.8. The summed E-state index contributed by atoms with van der Waals surface area (Å²) in [5, 5.41) is 4.07. The van der Waals surface area contributed by atoms with Crippen molar-refractivity contribution in [1.29, 1.82) is 0 Å². The molecule has 1 amide bonds. The second-order valence-corrected chi connectivity index (χ2v) is 11.5. The molecule has 38 heavy (non-hydrogen) atoms. The summed E-state index contributed by atoms with van der Waals surface area (Å²) in [7, 11) is -1.98. The minimum Gasteiger partial charge on any atom is -0.493 e. The lowest BCUT2D eigenvalue weighted by Gasteiger charge is -2.33. The molecule has 0 bridgehead atoms. The molecular weight excluding hydrogens is 572 g/mol. The Morgan fingerprint density at radius 3 is 2.39 bits per heavy atom. The van der Waals surface area contributed by atoms with Crippen LogP contribution in [-0.2, 0) is 21.4 Å². The van der Waals surface area contributed by atoms with Crippen LogP contribution in [0.1, 0.15) is 11.1 Å². The number of nitrogens with one attached hydrogen (secondary N) is 1. The van der Waals surface area contributed by atoms with Gasteiger partial charge in [0, 0.05) is 30.7 Å². The van der Waals surface area contributed by atoms with Gasteiger partial charge in [0.1, 0.15) is 6.61 Å². The molecule has 3 aromatic rings. The topological polar surface area (TPSA) is 101 Å². The number of rotatable bonds is 10. The summed E-state index contributed by atoms with van der Waals surface area (Å²) in [4.78, 5) is 14.6. The van der Waals surface area contributed by atoms with Gasteiger partial charge in [-0.1, -0.05) is 46.3 Å². The lowest BCUT2D eigenvalue weighted by atomic mass is 10.2. The fourth-order valence-electron chi connectivity index (χ4n) is 3.92. The van der Waals surface area contributed by atoms with Crippen molar-refractivity contribution in [3.63, 3.8) is 0 Å². The molecule has 1 fully saturated rings. The van der Waals surface area contributed by atoms with E-state index in [0.717, 1.165) is 15.6 Å². The van der Waals surface area contributed by atoms with E-state index in [0.29, 0.717) is 44.3 Å². The molecule has 0 saturated carbocycles. The van der Waals surface area contributed by atoms with Crippen molar-refractivity contribution in [2.75, 3.05) is 39.8 Å². The predicted molar refractivity (Wildman–Crippen MR) is 149 cm³/mol. The molecule has 11 heteroatoms. The molecular formula is C27H29BrN4O5S. The van der Waals surface area contributed by atoms with Crippen molar-refractivity contribution in [3.05, 3.63) is 88.4 Å². The Morgan fingerprint density at radius 2 is 1.71 bits per heavy atom. The number of hydrazone groups is 1. The number of benzene rings is 3. The Hall–Kier alpha value is -3.25. The number of nitrogens with zero attached hydrogens (tertiary/aromatic N) is 3. The van der Waals surface area contributed by atoms with Gasteiger partial charge in [0.2, 0.25) is 10.0 Å². The van der Waals surface area contributed by atoms with Crippen molar-refractivity contribution in [3.8, 4) is 11.5 Å². The van der Waals surface area contributed by atoms with Gasteiger partial charge in [-0.2, -0.15) is 9.41 Å². The number of carbonyl (C=O) groups excluding carboxylic acids is 1. The summed E-state index contributed by atoms with van der Waals surface area (Å²) >= 11 is 3.32. The number of amides is 1. The van der Waals surface area contributed by atoms with Crippen molar-refractivity contribution < 1.29 is 22.7 Å². The van der Waals surface area contributed by atoms with Crippen LogP contribution in [-0.4, -0.2) is 69.6 Å². The van der Waals surface area contributed by atoms with Crippen LogP contribution in [0.2, 0.25) is 0 Å². The quantitative estimate of drug-likeness (QED) is 0.282. The van der Waals surface area contributed by atoms with E-state index in [1.54, 1.807) is 43.5 Å². The van der Waals surface area contributed by atoms with Gasteiger partial charge in [0.15, 0.2) is 11.5 Å². The Balaban J connectivity index is 1.26. The van der Waals surface area contributed by atoms with Crippen molar-refractivity contribution in [2.45, 2.75) is 11.5 Å². The molecule has 0 aromatic heterocycles. The van der Waals surface area contributed by atoms with Crippen LogP contribution in [0.5, 0.6) is 11.5 Å². The van der Waals surface area contributed by atoms with Gasteiger partial charge in [-0.25, -0.2) is 13.8 Å². The number of piperazine rings is 1. The molecule has 0 radical (unpaired) electrons. The van der Waals surface area contributed by atoms with Crippen LogP contribution in [0.15, 0.2) is 87.3 Å². The number of carbonyl (C=O) groups is 1. The highest BCUT2D eigenvalue weighted by Gasteiger charge is 2.29. The van der Waals surface area contributed by atoms with Crippen LogP contribution < -0.4 is 14.9 Å². The second kappa shape index (κ2) is 13.0. The number of sulfonamides is 1. The Labute approximate surface area is 231 Å². The van der Waals surface area contributed by atoms with Crippen LogP contribution in [0.25, 0.3) is 0 Å². The number of methoxy groups -OCH3 is 1. The Bertz CT molecular complexity index is 1360. The molecule has 1 saturated heterocycles. The minimum absolute atomic E-state index is 0.123. The van der Waals surface area contributed by atoms with Crippen molar-refractivity contribution >= 4 is 38.1 Å². The normalized spacial score (nSPS) is 14.9. The van der Waals surface area contributed by atoms with Crippen LogP contribution in [0, 0.1) is 0 Å². The summed E-state index contributed by atoms with van der Waals surface area (Å²) < 4.78 is 39.3. The van der Waals surface area contributed by atoms with Crippen LogP contribution in [0.3, 0.4) is 0 Å². The lowest BCUT2D eigenvalue weighted by molar-refractivity contribution is -0.122. The first-order valence-electron chi connectivity index (χ1n) is 12.0. The summed E-state index contributed by atoms with van der Waals surface area (Å²) in [6.45, 7) is 2.05. The fraction of sp³-hybridized carbons (Fsp3) is 0.259. The molecule has 1 aliphatic rings. The predicted octanol–water partition coefficient (Wildman–Crippen LogP) is 3.49. The van der Waals surface area contributed by atoms with Gasteiger partial charge in [-0.15, -0.1) is 0 Å². The van der Waals surface area contributed by atoms with Crippen molar-refractivity contribution in [1.82, 2.24) is 14.6 Å². The third-order valence-corrected chi connectivity index (χ3v) is 8.42. The highest BCUT2D eigenvalue weighted by molar-refractivity contribution is 9.10. The largest absolute Gasteiger partial charge is 0.493 e. The van der Waals surface area contributed by atoms with Gasteiger partial charge in [-0.05, 0) is 53.6 Å². The first-order chi connectivity index (χ1) is 18.3. The third-order valence-electron chi connectivity index (χ3n) is 5.98. The SMILES string of the molecule is COc1ccc(C=NNC(=O)CN2CCN(S(=O)(=O)c3ccc(Br)cc3)CC2)cc1OCc1ccccc1. The minimum atomic E-state index is -3.56. The Kier molecular flexibility index (Phi) is 9.51. The lowest BCUT2D eigenvalue weighted by Crippen LogP contribution is -2.50. The zero-order chi connectivity index (χ0) is 27.0. The molecule has 0 atom stereocenters. The second-order valence-electron chi connectivity index (χ2n) is 8.61. The summed E-state index contributed by atoms with van der Waals surface area (Å²) in [6.07, 6.45) is 1.54. The molecule has 1 N–H and O–H groups in total. The molecule has 1 aliphatic heterocycles. The van der Waals surface area contributed by atoms with Crippen molar-refractivity contribution in [2.24, 2.45) is 5.10 Å². The maximum atomic E-state index is 12.9. The zero-order valence-electron chi connectivity index (χ0n) is 20.9. The Morgan fingerprint density at radius 1 is 1.00 bits per heavy atom. The average Bonchev–Trinajstić information content (AvgIpc) is 2.93. The molecule has 3 aromatic carbocycles. The van der Waals surface area contributed by atoms with E-state index in [4.69, 9.17) is 9.47 Å². The first kappa shape index (κ1) is 27.8. The van der Waals surface area contributed by atoms with Crippen LogP contribution >= 0.6 is 15.9 Å². The van der Waals surface area contributed by atoms with E-state index in [1.165, 1.54) is 10.5 Å². The van der Waals surface area contributed by atoms with E-state index in [2.05, 4.69) is 26.5 Å². The fourth-order valence-corrected chi connectivity index (χ4v) is 5.61. The zero-order valence-corrected chi connectivity index (χ0v) is 23.3. The number of hydrogen-bond acceptors (Lipinski definition) is 7. The molecule has 1 heterocycles. The molecule has 0 unspecified atom stereocenters. The smallest absolute Gasteiger partial charge is 0.254 e. The van der Waals surface area contributed by atoms with Gasteiger partial charge < -0.3 is 9.47 Å². The first-order valence-corrected chi connectivity index (χ1v) is 14.2. The van der Waals surface area contributed by atoms with Gasteiger partial charge in [-0.3, -0.25) is 9.69 Å². The van der Waals surface area contributed by atoms with Gasteiger partial charge in [0.05, 0.1) is 24.8 Å². The maximum Gasteiger partial charge on any atom is 0.254 e. The van der Waals surface area contributed by atoms with E-state index < -0.39 is 10.0 Å². The molecule has 4 rings (SSSR count). The number of hydrogen-bond donors (Lipinski definition) is 1. The molecule has 0 aliphatic carbocycles. The summed E-state index contributed by atoms with van der Waals surface area (Å²) in [5.74, 6) is 0.894. The summed E-state index contributed by atoms with van der Waals surface area (Å²) in [5.41, 5.74) is 4.31. The van der Waals surface area contributed by atoms with E-state index in [1.807, 2.05) is 41.3 Å². The number of ether oxygens (including phenoxy) is 2. The third kappa shape index (κ3) is 7.41. The van der Waals surface area contributed by atoms with E-state index >= 15 is 0 Å². The van der Waals surface area contributed by atoms with Gasteiger partial charge in [0.25, 0.3) is 5.91 Å².